The quantitative estimate of drug-likeness (QED) is 0.577. The van der Waals surface area contributed by atoms with Crippen molar-refractivity contribution in [3.8, 4) is 6.07 Å². The summed E-state index contributed by atoms with van der Waals surface area (Å²) in [5.74, 6) is 0.728. The highest BCUT2D eigenvalue weighted by atomic mass is 32.2. The van der Waals surface area contributed by atoms with Crippen molar-refractivity contribution in [3.63, 3.8) is 0 Å². The Hall–Kier alpha value is -0.730. The molecular formula is C10H18N2O2S. The smallest absolute Gasteiger partial charge is 0.230 e. The second-order valence-corrected chi connectivity index (χ2v) is 4.12. The van der Waals surface area contributed by atoms with E-state index in [-0.39, 0.29) is 12.5 Å². The second kappa shape index (κ2) is 11.3. The van der Waals surface area contributed by atoms with Gasteiger partial charge in [0.25, 0.3) is 0 Å². The number of nitrogens with one attached hydrogen (secondary N) is 1. The monoisotopic (exact) mass is 230 g/mol. The second-order valence-electron chi connectivity index (χ2n) is 3.14. The van der Waals surface area contributed by atoms with E-state index < -0.39 is 0 Å². The van der Waals surface area contributed by atoms with Gasteiger partial charge in [0.1, 0.15) is 0 Å². The fraction of sp³-hybridized carbons (Fsp3) is 0.800. The van der Waals surface area contributed by atoms with Gasteiger partial charge in [-0.1, -0.05) is 12.8 Å². The van der Waals surface area contributed by atoms with Gasteiger partial charge in [-0.3, -0.25) is 4.79 Å². The van der Waals surface area contributed by atoms with Crippen molar-refractivity contribution < 1.29 is 9.90 Å². The van der Waals surface area contributed by atoms with Crippen molar-refractivity contribution in [2.75, 3.05) is 24.7 Å². The molecule has 0 saturated heterocycles. The number of thioether (sulfide) groups is 1. The molecule has 0 bridgehead atoms. The van der Waals surface area contributed by atoms with E-state index in [1.54, 1.807) is 0 Å². The van der Waals surface area contributed by atoms with Crippen LogP contribution in [0.3, 0.4) is 0 Å². The van der Waals surface area contributed by atoms with Crippen LogP contribution < -0.4 is 5.32 Å². The molecule has 0 aromatic heterocycles. The Morgan fingerprint density at radius 3 is 2.73 bits per heavy atom. The molecule has 2 N–H and O–H groups in total. The van der Waals surface area contributed by atoms with Crippen LogP contribution in [-0.4, -0.2) is 35.7 Å². The molecule has 0 aliphatic carbocycles. The normalized spacial score (nSPS) is 9.60. The summed E-state index contributed by atoms with van der Waals surface area (Å²) < 4.78 is 0. The lowest BCUT2D eigenvalue weighted by Gasteiger charge is -2.03. The van der Waals surface area contributed by atoms with Crippen LogP contribution in [0, 0.1) is 11.3 Å². The number of aliphatic hydroxyl groups is 1. The molecule has 0 aliphatic heterocycles. The molecule has 5 heteroatoms. The third-order valence-electron chi connectivity index (χ3n) is 1.81. The topological polar surface area (TPSA) is 73.1 Å². The van der Waals surface area contributed by atoms with Gasteiger partial charge in [0, 0.05) is 13.2 Å². The van der Waals surface area contributed by atoms with E-state index in [4.69, 9.17) is 10.4 Å². The van der Waals surface area contributed by atoms with E-state index in [9.17, 15) is 4.79 Å². The van der Waals surface area contributed by atoms with Crippen LogP contribution >= 0.6 is 11.8 Å². The Labute approximate surface area is 95.0 Å². The Balaban J connectivity index is 3.14. The van der Waals surface area contributed by atoms with Gasteiger partial charge in [-0.15, -0.1) is 11.8 Å². The van der Waals surface area contributed by atoms with Gasteiger partial charge in [0.15, 0.2) is 0 Å². The van der Waals surface area contributed by atoms with Crippen LogP contribution in [-0.2, 0) is 4.79 Å². The van der Waals surface area contributed by atoms with Gasteiger partial charge in [0.05, 0.1) is 17.6 Å². The van der Waals surface area contributed by atoms with Crippen molar-refractivity contribution in [2.24, 2.45) is 0 Å². The molecule has 0 atom stereocenters. The molecular weight excluding hydrogens is 212 g/mol. The van der Waals surface area contributed by atoms with E-state index in [2.05, 4.69) is 5.32 Å². The predicted octanol–water partition coefficient (Wildman–Crippen LogP) is 0.912. The average Bonchev–Trinajstić information content (AvgIpc) is 2.23. The number of nitriles is 1. The van der Waals surface area contributed by atoms with Gasteiger partial charge in [-0.25, -0.2) is 0 Å². The molecule has 0 rings (SSSR count). The number of unbranched alkanes of at least 4 members (excludes halogenated alkanes) is 3. The number of hydrogen-bond acceptors (Lipinski definition) is 4. The lowest BCUT2D eigenvalue weighted by molar-refractivity contribution is -0.118. The highest BCUT2D eigenvalue weighted by Crippen LogP contribution is 1.99. The zero-order valence-corrected chi connectivity index (χ0v) is 9.68. The molecule has 0 radical (unpaired) electrons. The van der Waals surface area contributed by atoms with Crippen molar-refractivity contribution in [3.05, 3.63) is 0 Å². The minimum Gasteiger partial charge on any atom is -0.396 e. The molecule has 0 spiro atoms. The minimum absolute atomic E-state index is 0.00240. The molecule has 1 amide bonds. The van der Waals surface area contributed by atoms with E-state index in [1.807, 2.05) is 6.07 Å². The fourth-order valence-corrected chi connectivity index (χ4v) is 1.54. The molecule has 0 fully saturated rings. The minimum atomic E-state index is -0.00240. The average molecular weight is 230 g/mol. The molecule has 0 aliphatic rings. The van der Waals surface area contributed by atoms with E-state index in [1.165, 1.54) is 11.8 Å². The van der Waals surface area contributed by atoms with Gasteiger partial charge in [0.2, 0.25) is 5.91 Å². The number of aliphatic hydroxyl groups excluding tert-OH is 1. The van der Waals surface area contributed by atoms with Crippen LogP contribution in [0.2, 0.25) is 0 Å². The van der Waals surface area contributed by atoms with Crippen molar-refractivity contribution in [1.29, 1.82) is 5.26 Å². The Morgan fingerprint density at radius 2 is 2.07 bits per heavy atom. The van der Waals surface area contributed by atoms with Crippen molar-refractivity contribution in [1.82, 2.24) is 5.32 Å². The van der Waals surface area contributed by atoms with E-state index >= 15 is 0 Å². The number of nitrogens with zero attached hydrogens (tertiary/aromatic N) is 1. The highest BCUT2D eigenvalue weighted by molar-refractivity contribution is 8.00. The molecule has 0 aromatic carbocycles. The molecule has 4 nitrogen and oxygen atoms in total. The number of amides is 1. The third-order valence-corrected chi connectivity index (χ3v) is 2.61. The molecule has 86 valence electrons. The summed E-state index contributed by atoms with van der Waals surface area (Å²) in [5.41, 5.74) is 0. The number of carbonyl (C=O) groups excluding carboxylic acids is 1. The SMILES string of the molecule is N#CCSCC(=O)NCCCCCCO. The van der Waals surface area contributed by atoms with Crippen LogP contribution in [0.1, 0.15) is 25.7 Å². The first-order valence-corrected chi connectivity index (χ1v) is 6.29. The maximum absolute atomic E-state index is 11.1. The standard InChI is InChI=1S/C10H18N2O2S/c11-5-8-15-9-10(14)12-6-3-1-2-4-7-13/h13H,1-4,6-9H2,(H,12,14). The van der Waals surface area contributed by atoms with Gasteiger partial charge < -0.3 is 10.4 Å². The van der Waals surface area contributed by atoms with Crippen LogP contribution in [0.4, 0.5) is 0 Å². The van der Waals surface area contributed by atoms with E-state index in [0.717, 1.165) is 25.7 Å². The van der Waals surface area contributed by atoms with Crippen LogP contribution in [0.15, 0.2) is 0 Å². The molecule has 15 heavy (non-hydrogen) atoms. The maximum atomic E-state index is 11.1. The van der Waals surface area contributed by atoms with Gasteiger partial charge in [-0.2, -0.15) is 5.26 Å². The zero-order valence-electron chi connectivity index (χ0n) is 8.87. The molecule has 0 heterocycles. The summed E-state index contributed by atoms with van der Waals surface area (Å²) in [6, 6.07) is 1.97. The first-order chi connectivity index (χ1) is 7.31. The van der Waals surface area contributed by atoms with Crippen LogP contribution in [0.25, 0.3) is 0 Å². The Kier molecular flexibility index (Phi) is 10.8. The first-order valence-electron chi connectivity index (χ1n) is 5.13. The number of hydrogen-bond donors (Lipinski definition) is 2. The summed E-state index contributed by atoms with van der Waals surface area (Å²) in [4.78, 5) is 11.1. The summed E-state index contributed by atoms with van der Waals surface area (Å²) in [6.07, 6.45) is 3.84. The fourth-order valence-electron chi connectivity index (χ4n) is 1.06. The summed E-state index contributed by atoms with van der Waals surface area (Å²) >= 11 is 1.33. The summed E-state index contributed by atoms with van der Waals surface area (Å²) in [7, 11) is 0. The predicted molar refractivity (Wildman–Crippen MR) is 61.5 cm³/mol. The first kappa shape index (κ1) is 14.3. The molecule has 0 unspecified atom stereocenters. The van der Waals surface area contributed by atoms with E-state index in [0.29, 0.717) is 18.1 Å². The Bertz CT molecular complexity index is 204. The van der Waals surface area contributed by atoms with Crippen molar-refractivity contribution in [2.45, 2.75) is 25.7 Å². The van der Waals surface area contributed by atoms with Gasteiger partial charge >= 0.3 is 0 Å². The lowest BCUT2D eigenvalue weighted by Crippen LogP contribution is -2.26. The maximum Gasteiger partial charge on any atom is 0.230 e. The number of rotatable bonds is 9. The zero-order chi connectivity index (χ0) is 11.4. The number of carbonyl (C=O) groups is 1. The van der Waals surface area contributed by atoms with Crippen LogP contribution in [0.5, 0.6) is 0 Å². The molecule has 0 aromatic rings. The lowest BCUT2D eigenvalue weighted by atomic mass is 10.2. The van der Waals surface area contributed by atoms with Crippen molar-refractivity contribution >= 4 is 17.7 Å². The summed E-state index contributed by atoms with van der Waals surface area (Å²) in [6.45, 7) is 0.939. The third kappa shape index (κ3) is 11.2. The molecule has 0 saturated carbocycles. The highest BCUT2D eigenvalue weighted by Gasteiger charge is 1.99. The summed E-state index contributed by atoms with van der Waals surface area (Å²) in [5, 5.41) is 19.6. The van der Waals surface area contributed by atoms with Gasteiger partial charge in [-0.05, 0) is 12.8 Å². The Morgan fingerprint density at radius 1 is 1.33 bits per heavy atom. The largest absolute Gasteiger partial charge is 0.396 e.